The molecule has 1 aromatic heterocycles. The molecule has 0 aromatic carbocycles. The summed E-state index contributed by atoms with van der Waals surface area (Å²) in [4.78, 5) is 0. The van der Waals surface area contributed by atoms with Crippen LogP contribution in [0.15, 0.2) is 12.3 Å². The van der Waals surface area contributed by atoms with Crippen LogP contribution in [0.5, 0.6) is 0 Å². The average Bonchev–Trinajstić information content (AvgIpc) is 2.62. The lowest BCUT2D eigenvalue weighted by Gasteiger charge is -2.25. The second kappa shape index (κ2) is 2.35. The monoisotopic (exact) mass is 162 g/mol. The lowest BCUT2D eigenvalue weighted by atomic mass is 9.85. The fraction of sp³-hybridized carbons (Fsp3) is 0.700. The summed E-state index contributed by atoms with van der Waals surface area (Å²) in [6.07, 6.45) is 8.85. The largest absolute Gasteiger partial charge is 0.266 e. The second-order valence-electron chi connectivity index (χ2n) is 4.08. The zero-order valence-corrected chi connectivity index (χ0v) is 7.24. The second-order valence-corrected chi connectivity index (χ2v) is 4.08. The Balaban J connectivity index is 1.98. The third kappa shape index (κ3) is 0.780. The van der Waals surface area contributed by atoms with Crippen molar-refractivity contribution >= 4 is 0 Å². The van der Waals surface area contributed by atoms with E-state index in [2.05, 4.69) is 15.8 Å². The molecule has 0 radical (unpaired) electrons. The number of fused-ring (bicyclic) bond motifs is 3. The lowest BCUT2D eigenvalue weighted by molar-refractivity contribution is 0.263. The van der Waals surface area contributed by atoms with Crippen molar-refractivity contribution in [1.29, 1.82) is 0 Å². The molecule has 1 aliphatic carbocycles. The van der Waals surface area contributed by atoms with Crippen molar-refractivity contribution in [1.82, 2.24) is 9.78 Å². The van der Waals surface area contributed by atoms with Crippen LogP contribution < -0.4 is 0 Å². The molecule has 2 heteroatoms. The zero-order valence-electron chi connectivity index (χ0n) is 7.24. The molecule has 0 bridgehead atoms. The summed E-state index contributed by atoms with van der Waals surface area (Å²) in [5.74, 6) is 0.919. The highest BCUT2D eigenvalue weighted by Crippen LogP contribution is 2.40. The van der Waals surface area contributed by atoms with Gasteiger partial charge in [-0.1, -0.05) is 12.8 Å². The summed E-state index contributed by atoms with van der Waals surface area (Å²) in [5.41, 5.74) is 1.46. The van der Waals surface area contributed by atoms with Gasteiger partial charge in [-0.2, -0.15) is 5.10 Å². The van der Waals surface area contributed by atoms with Crippen LogP contribution in [0.2, 0.25) is 0 Å². The van der Waals surface area contributed by atoms with Crippen molar-refractivity contribution in [2.24, 2.45) is 5.92 Å². The molecule has 0 saturated heterocycles. The van der Waals surface area contributed by atoms with Gasteiger partial charge < -0.3 is 0 Å². The van der Waals surface area contributed by atoms with Crippen molar-refractivity contribution in [2.75, 3.05) is 0 Å². The first-order valence-corrected chi connectivity index (χ1v) is 4.97. The minimum absolute atomic E-state index is 0.753. The molecule has 0 N–H and O–H groups in total. The summed E-state index contributed by atoms with van der Waals surface area (Å²) < 4.78 is 2.27. The van der Waals surface area contributed by atoms with Crippen molar-refractivity contribution in [2.45, 2.75) is 38.1 Å². The van der Waals surface area contributed by atoms with Gasteiger partial charge in [-0.25, -0.2) is 0 Å². The molecule has 12 heavy (non-hydrogen) atoms. The molecule has 3 rings (SSSR count). The number of hydrogen-bond acceptors (Lipinski definition) is 1. The molecule has 2 unspecified atom stereocenters. The summed E-state index contributed by atoms with van der Waals surface area (Å²) in [5, 5.41) is 4.40. The highest BCUT2D eigenvalue weighted by molar-refractivity contribution is 5.10. The van der Waals surface area contributed by atoms with E-state index >= 15 is 0 Å². The Morgan fingerprint density at radius 2 is 2.25 bits per heavy atom. The van der Waals surface area contributed by atoms with E-state index in [1.165, 1.54) is 37.8 Å². The van der Waals surface area contributed by atoms with Crippen LogP contribution in [-0.2, 0) is 6.42 Å². The number of aromatic nitrogens is 2. The Kier molecular flexibility index (Phi) is 1.31. The third-order valence-corrected chi connectivity index (χ3v) is 3.41. The molecule has 0 amide bonds. The van der Waals surface area contributed by atoms with Gasteiger partial charge in [0.1, 0.15) is 0 Å². The van der Waals surface area contributed by atoms with Gasteiger partial charge in [-0.15, -0.1) is 0 Å². The Labute approximate surface area is 72.6 Å². The van der Waals surface area contributed by atoms with Gasteiger partial charge >= 0.3 is 0 Å². The van der Waals surface area contributed by atoms with Gasteiger partial charge in [0.15, 0.2) is 0 Å². The van der Waals surface area contributed by atoms with Crippen LogP contribution in [0.3, 0.4) is 0 Å². The van der Waals surface area contributed by atoms with Crippen LogP contribution in [0.4, 0.5) is 0 Å². The van der Waals surface area contributed by atoms with E-state index < -0.39 is 0 Å². The van der Waals surface area contributed by atoms with Crippen molar-refractivity contribution in [3.63, 3.8) is 0 Å². The first-order chi connectivity index (χ1) is 5.95. The van der Waals surface area contributed by atoms with Crippen molar-refractivity contribution < 1.29 is 0 Å². The van der Waals surface area contributed by atoms with E-state index in [0.29, 0.717) is 0 Å². The van der Waals surface area contributed by atoms with Crippen LogP contribution in [0.1, 0.15) is 37.4 Å². The van der Waals surface area contributed by atoms with Crippen LogP contribution in [-0.4, -0.2) is 9.78 Å². The van der Waals surface area contributed by atoms with E-state index in [1.54, 1.807) is 0 Å². The highest BCUT2D eigenvalue weighted by atomic mass is 15.3. The summed E-state index contributed by atoms with van der Waals surface area (Å²) >= 11 is 0. The van der Waals surface area contributed by atoms with Crippen LogP contribution >= 0.6 is 0 Å². The van der Waals surface area contributed by atoms with E-state index in [4.69, 9.17) is 0 Å². The van der Waals surface area contributed by atoms with Crippen molar-refractivity contribution in [3.8, 4) is 0 Å². The molecule has 2 aliphatic rings. The Morgan fingerprint density at radius 1 is 1.33 bits per heavy atom. The standard InChI is InChI=1S/C10H14N2/c1-2-4-10-8(3-1)7-9-5-6-11-12(9)10/h5-6,8,10H,1-4,7H2. The maximum absolute atomic E-state index is 4.40. The molecule has 2 nitrogen and oxygen atoms in total. The molecule has 1 saturated carbocycles. The van der Waals surface area contributed by atoms with E-state index in [0.717, 1.165) is 12.0 Å². The van der Waals surface area contributed by atoms with Crippen LogP contribution in [0, 0.1) is 5.92 Å². The fourth-order valence-corrected chi connectivity index (χ4v) is 2.82. The minimum Gasteiger partial charge on any atom is -0.266 e. The lowest BCUT2D eigenvalue weighted by Crippen LogP contribution is -2.17. The Morgan fingerprint density at radius 3 is 3.25 bits per heavy atom. The minimum atomic E-state index is 0.753. The number of nitrogens with zero attached hydrogens (tertiary/aromatic N) is 2. The number of hydrogen-bond donors (Lipinski definition) is 0. The topological polar surface area (TPSA) is 17.8 Å². The summed E-state index contributed by atoms with van der Waals surface area (Å²) in [6, 6.07) is 2.93. The molecule has 1 aromatic rings. The molecule has 1 fully saturated rings. The van der Waals surface area contributed by atoms with Gasteiger partial charge in [0.05, 0.1) is 6.04 Å². The molecular weight excluding hydrogens is 148 g/mol. The molecule has 2 heterocycles. The SMILES string of the molecule is c1cc2n(n1)C1CCCCC1C2. The predicted molar refractivity (Wildman–Crippen MR) is 46.9 cm³/mol. The summed E-state index contributed by atoms with van der Waals surface area (Å²) in [7, 11) is 0. The molecule has 0 spiro atoms. The average molecular weight is 162 g/mol. The smallest absolute Gasteiger partial charge is 0.0554 e. The molecule has 1 aliphatic heterocycles. The molecule has 64 valence electrons. The first-order valence-electron chi connectivity index (χ1n) is 4.97. The Bertz CT molecular complexity index is 290. The van der Waals surface area contributed by atoms with Crippen LogP contribution in [0.25, 0.3) is 0 Å². The highest BCUT2D eigenvalue weighted by Gasteiger charge is 2.34. The van der Waals surface area contributed by atoms with Gasteiger partial charge in [0.2, 0.25) is 0 Å². The Hall–Kier alpha value is -0.790. The van der Waals surface area contributed by atoms with E-state index in [-0.39, 0.29) is 0 Å². The maximum atomic E-state index is 4.40. The van der Waals surface area contributed by atoms with Gasteiger partial charge in [-0.3, -0.25) is 4.68 Å². The quantitative estimate of drug-likeness (QED) is 0.571. The first kappa shape index (κ1) is 6.70. The van der Waals surface area contributed by atoms with Gasteiger partial charge in [0.25, 0.3) is 0 Å². The normalized spacial score (nSPS) is 33.0. The van der Waals surface area contributed by atoms with Gasteiger partial charge in [-0.05, 0) is 31.2 Å². The zero-order chi connectivity index (χ0) is 7.97. The molecule has 2 atom stereocenters. The molecular formula is C10H14N2. The fourth-order valence-electron chi connectivity index (χ4n) is 2.82. The van der Waals surface area contributed by atoms with Gasteiger partial charge in [0, 0.05) is 11.9 Å². The van der Waals surface area contributed by atoms with E-state index in [9.17, 15) is 0 Å². The van der Waals surface area contributed by atoms with E-state index in [1.807, 2.05) is 6.20 Å². The predicted octanol–water partition coefficient (Wildman–Crippen LogP) is 2.17. The van der Waals surface area contributed by atoms with Crippen molar-refractivity contribution in [3.05, 3.63) is 18.0 Å². The maximum Gasteiger partial charge on any atom is 0.0554 e. The third-order valence-electron chi connectivity index (χ3n) is 3.41. The summed E-state index contributed by atoms with van der Waals surface area (Å²) in [6.45, 7) is 0. The number of rotatable bonds is 0.